The topological polar surface area (TPSA) is 177 Å². The second-order valence-corrected chi connectivity index (χ2v) is 6.99. The van der Waals surface area contributed by atoms with E-state index in [0.29, 0.717) is 0 Å². The first-order chi connectivity index (χ1) is 10.6. The number of carboxylic acids is 1. The van der Waals surface area contributed by atoms with Crippen LogP contribution in [0.25, 0.3) is 0 Å². The summed E-state index contributed by atoms with van der Waals surface area (Å²) < 4.78 is 19.8. The summed E-state index contributed by atoms with van der Waals surface area (Å²) in [6, 6.07) is -3.25. The van der Waals surface area contributed by atoms with Crippen LogP contribution < -0.4 is 16.4 Å². The highest BCUT2D eigenvalue weighted by Crippen LogP contribution is 2.46. The Kier molecular flexibility index (Phi) is 8.95. The van der Waals surface area contributed by atoms with Crippen molar-refractivity contribution < 1.29 is 38.5 Å². The number of carbonyl (C=O) groups is 3. The van der Waals surface area contributed by atoms with Crippen molar-refractivity contribution in [1.29, 1.82) is 0 Å². The van der Waals surface area contributed by atoms with E-state index >= 15 is 0 Å². The number of rotatable bonds is 10. The molecule has 23 heavy (non-hydrogen) atoms. The van der Waals surface area contributed by atoms with Crippen molar-refractivity contribution in [2.24, 2.45) is 5.73 Å². The third-order valence-electron chi connectivity index (χ3n) is 2.93. The number of amides is 2. The Labute approximate surface area is 133 Å². The summed E-state index contributed by atoms with van der Waals surface area (Å²) in [5.74, 6) is -2.62. The molecule has 0 aromatic heterocycles. The molecular formula is C11H22N3O8P. The second kappa shape index (κ2) is 9.58. The van der Waals surface area contributed by atoms with Crippen molar-refractivity contribution in [3.63, 3.8) is 0 Å². The van der Waals surface area contributed by atoms with Crippen molar-refractivity contribution in [1.82, 2.24) is 10.6 Å². The number of hydrogen-bond donors (Lipinski definition) is 5. The Morgan fingerprint density at radius 3 is 2.13 bits per heavy atom. The van der Waals surface area contributed by atoms with Gasteiger partial charge in [0, 0.05) is 7.11 Å². The fourth-order valence-electron chi connectivity index (χ4n) is 1.38. The van der Waals surface area contributed by atoms with E-state index in [1.807, 2.05) is 0 Å². The summed E-state index contributed by atoms with van der Waals surface area (Å²) >= 11 is 0. The minimum atomic E-state index is -3.71. The fraction of sp³-hybridized carbons (Fsp3) is 0.727. The molecule has 0 radical (unpaired) electrons. The van der Waals surface area contributed by atoms with Crippen LogP contribution >= 0.6 is 7.60 Å². The molecule has 12 heteroatoms. The van der Waals surface area contributed by atoms with Crippen molar-refractivity contribution in [2.75, 3.05) is 13.3 Å². The van der Waals surface area contributed by atoms with Crippen LogP contribution in [0.15, 0.2) is 0 Å². The van der Waals surface area contributed by atoms with Crippen LogP contribution in [-0.4, -0.2) is 59.5 Å². The van der Waals surface area contributed by atoms with E-state index in [-0.39, 0.29) is 12.6 Å². The normalized spacial score (nSPS) is 17.4. The number of carboxylic acid groups (broad SMARTS) is 1. The van der Waals surface area contributed by atoms with Crippen LogP contribution in [-0.2, 0) is 28.1 Å². The average Bonchev–Trinajstić information content (AvgIpc) is 2.51. The van der Waals surface area contributed by atoms with Gasteiger partial charge < -0.3 is 26.0 Å². The molecule has 2 amide bonds. The molecule has 6 N–H and O–H groups in total. The van der Waals surface area contributed by atoms with Gasteiger partial charge in [-0.25, -0.2) is 5.26 Å². The molecule has 0 aromatic carbocycles. The van der Waals surface area contributed by atoms with E-state index in [2.05, 4.69) is 19.8 Å². The minimum Gasteiger partial charge on any atom is -0.480 e. The highest BCUT2D eigenvalue weighted by atomic mass is 31.2. The maximum atomic E-state index is 11.8. The Bertz CT molecular complexity index is 478. The number of nitrogens with one attached hydrogen (secondary N) is 2. The summed E-state index contributed by atoms with van der Waals surface area (Å²) in [4.78, 5) is 34.1. The van der Waals surface area contributed by atoms with Crippen LogP contribution in [0.4, 0.5) is 0 Å². The standard InChI is InChI=1S/C11H22N3O8P/c1-6(9(15)14-7(2)11(17)18)13-10(16)8(12)4-5-23(20,21-3)22-19/h6-8,19H,4-5,12H2,1-3H3,(H,13,16)(H,14,15)(H,17,18)/t6-,7-,8-,23?/m0/s1. The van der Waals surface area contributed by atoms with E-state index in [1.54, 1.807) is 0 Å². The van der Waals surface area contributed by atoms with Crippen LogP contribution in [0.3, 0.4) is 0 Å². The molecular weight excluding hydrogens is 333 g/mol. The van der Waals surface area contributed by atoms with Crippen molar-refractivity contribution in [3.05, 3.63) is 0 Å². The molecule has 0 aliphatic rings. The lowest BCUT2D eigenvalue weighted by molar-refractivity contribution is -0.147. The molecule has 0 aliphatic carbocycles. The zero-order valence-electron chi connectivity index (χ0n) is 13.0. The van der Waals surface area contributed by atoms with Gasteiger partial charge in [0.25, 0.3) is 0 Å². The highest BCUT2D eigenvalue weighted by molar-refractivity contribution is 7.53. The third kappa shape index (κ3) is 7.53. The number of hydrogen-bond acceptors (Lipinski definition) is 8. The first-order valence-corrected chi connectivity index (χ1v) is 8.36. The molecule has 0 bridgehead atoms. The molecule has 0 saturated carbocycles. The van der Waals surface area contributed by atoms with Gasteiger partial charge in [-0.3, -0.25) is 18.9 Å². The maximum absolute atomic E-state index is 11.8. The number of nitrogens with two attached hydrogens (primary N) is 1. The molecule has 0 spiro atoms. The summed E-state index contributed by atoms with van der Waals surface area (Å²) in [6.45, 7) is 2.63. The van der Waals surface area contributed by atoms with Crippen LogP contribution in [0.5, 0.6) is 0 Å². The van der Waals surface area contributed by atoms with Crippen LogP contribution in [0.1, 0.15) is 20.3 Å². The predicted octanol–water partition coefficient (Wildman–Crippen LogP) is -0.873. The first-order valence-electron chi connectivity index (χ1n) is 6.63. The van der Waals surface area contributed by atoms with Gasteiger partial charge in [-0.1, -0.05) is 0 Å². The summed E-state index contributed by atoms with van der Waals surface area (Å²) in [5, 5.41) is 21.6. The molecule has 0 heterocycles. The van der Waals surface area contributed by atoms with Gasteiger partial charge in [0.05, 0.1) is 12.2 Å². The molecule has 0 aromatic rings. The molecule has 134 valence electrons. The quantitative estimate of drug-likeness (QED) is 0.189. The fourth-order valence-corrected chi connectivity index (χ4v) is 2.31. The Morgan fingerprint density at radius 1 is 1.17 bits per heavy atom. The third-order valence-corrected chi connectivity index (χ3v) is 4.55. The summed E-state index contributed by atoms with van der Waals surface area (Å²) in [5.41, 5.74) is 5.58. The highest BCUT2D eigenvalue weighted by Gasteiger charge is 2.27. The van der Waals surface area contributed by atoms with Gasteiger partial charge >= 0.3 is 13.6 Å². The van der Waals surface area contributed by atoms with Gasteiger partial charge in [-0.2, -0.15) is 4.67 Å². The van der Waals surface area contributed by atoms with E-state index in [4.69, 9.17) is 16.1 Å². The molecule has 1 unspecified atom stereocenters. The lowest BCUT2D eigenvalue weighted by atomic mass is 10.2. The van der Waals surface area contributed by atoms with Crippen LogP contribution in [0.2, 0.25) is 0 Å². The van der Waals surface area contributed by atoms with Crippen molar-refractivity contribution in [2.45, 2.75) is 38.4 Å². The average molecular weight is 355 g/mol. The monoisotopic (exact) mass is 355 g/mol. The predicted molar refractivity (Wildman–Crippen MR) is 78.6 cm³/mol. The smallest absolute Gasteiger partial charge is 0.357 e. The molecule has 0 fully saturated rings. The molecule has 0 aliphatic heterocycles. The lowest BCUT2D eigenvalue weighted by Gasteiger charge is -2.19. The van der Waals surface area contributed by atoms with Crippen LogP contribution in [0, 0.1) is 0 Å². The minimum absolute atomic E-state index is 0.128. The van der Waals surface area contributed by atoms with E-state index in [0.717, 1.165) is 7.11 Å². The molecule has 11 nitrogen and oxygen atoms in total. The van der Waals surface area contributed by atoms with Crippen molar-refractivity contribution >= 4 is 25.4 Å². The summed E-state index contributed by atoms with van der Waals surface area (Å²) in [7, 11) is -2.64. The molecule has 4 atom stereocenters. The summed E-state index contributed by atoms with van der Waals surface area (Å²) in [6.07, 6.45) is -0.428. The van der Waals surface area contributed by atoms with Gasteiger partial charge in [-0.15, -0.1) is 0 Å². The first kappa shape index (κ1) is 21.5. The SMILES string of the molecule is COP(=O)(CC[C@H](N)C(=O)N[C@@H](C)C(=O)N[C@@H](C)C(=O)O)OO. The van der Waals surface area contributed by atoms with Gasteiger partial charge in [0.2, 0.25) is 11.8 Å². The van der Waals surface area contributed by atoms with Gasteiger partial charge in [-0.05, 0) is 20.3 Å². The molecule has 0 saturated heterocycles. The van der Waals surface area contributed by atoms with Gasteiger partial charge in [0.15, 0.2) is 0 Å². The zero-order chi connectivity index (χ0) is 18.2. The maximum Gasteiger partial charge on any atom is 0.357 e. The number of aliphatic carboxylic acids is 1. The van der Waals surface area contributed by atoms with Crippen molar-refractivity contribution in [3.8, 4) is 0 Å². The van der Waals surface area contributed by atoms with Gasteiger partial charge in [0.1, 0.15) is 12.1 Å². The second-order valence-electron chi connectivity index (χ2n) is 4.79. The Balaban J connectivity index is 4.43. The Morgan fingerprint density at radius 2 is 1.70 bits per heavy atom. The largest absolute Gasteiger partial charge is 0.480 e. The van der Waals surface area contributed by atoms with E-state index in [1.165, 1.54) is 13.8 Å². The van der Waals surface area contributed by atoms with E-state index in [9.17, 15) is 18.9 Å². The zero-order valence-corrected chi connectivity index (χ0v) is 13.9. The lowest BCUT2D eigenvalue weighted by Crippen LogP contribution is -2.52. The Hall–Kier alpha value is -1.52. The molecule has 0 rings (SSSR count). The number of carbonyl (C=O) groups excluding carboxylic acids is 2. The van der Waals surface area contributed by atoms with E-state index < -0.39 is 43.5 Å².